The van der Waals surface area contributed by atoms with E-state index in [2.05, 4.69) is 0 Å². The van der Waals surface area contributed by atoms with Crippen LogP contribution in [0.4, 0.5) is 0 Å². The second kappa shape index (κ2) is 8.16. The molecule has 0 saturated carbocycles. The number of hydrogen-bond donors (Lipinski definition) is 0. The average Bonchev–Trinajstić information content (AvgIpc) is 3.32. The van der Waals surface area contributed by atoms with Crippen LogP contribution < -0.4 is 14.9 Å². The van der Waals surface area contributed by atoms with Gasteiger partial charge in [-0.05, 0) is 67.6 Å². The summed E-state index contributed by atoms with van der Waals surface area (Å²) >= 11 is 1.30. The summed E-state index contributed by atoms with van der Waals surface area (Å²) in [5.41, 5.74) is 1.27. The predicted octanol–water partition coefficient (Wildman–Crippen LogP) is 5.76. The van der Waals surface area contributed by atoms with Crippen molar-refractivity contribution in [2.24, 2.45) is 0 Å². The molecular formula is C24H20O5S. The van der Waals surface area contributed by atoms with Crippen molar-refractivity contribution in [3.8, 4) is 22.6 Å². The first-order chi connectivity index (χ1) is 14.5. The largest absolute Gasteiger partial charge is 0.494 e. The Labute approximate surface area is 177 Å². The van der Waals surface area contributed by atoms with Crippen molar-refractivity contribution in [3.63, 3.8) is 0 Å². The molecule has 0 saturated heterocycles. The van der Waals surface area contributed by atoms with Crippen LogP contribution in [0.5, 0.6) is 11.5 Å². The highest BCUT2D eigenvalue weighted by Gasteiger charge is 2.19. The minimum absolute atomic E-state index is 0.193. The second-order valence-corrected chi connectivity index (χ2v) is 7.71. The molecule has 0 radical (unpaired) electrons. The number of carbonyl (C=O) groups is 1. The molecule has 0 atom stereocenters. The fraction of sp³-hybridized carbons (Fsp3) is 0.167. The first-order valence-electron chi connectivity index (χ1n) is 9.55. The summed E-state index contributed by atoms with van der Waals surface area (Å²) in [6.07, 6.45) is 0. The molecule has 152 valence electrons. The highest BCUT2D eigenvalue weighted by Crippen LogP contribution is 2.34. The molecule has 4 rings (SSSR count). The molecular weight excluding hydrogens is 400 g/mol. The number of aryl methyl sites for hydroxylation is 2. The number of rotatable bonds is 5. The van der Waals surface area contributed by atoms with Gasteiger partial charge in [0.05, 0.1) is 17.4 Å². The molecule has 0 aliphatic heterocycles. The van der Waals surface area contributed by atoms with Gasteiger partial charge in [-0.2, -0.15) is 0 Å². The first-order valence-corrected chi connectivity index (χ1v) is 10.4. The molecule has 0 amide bonds. The van der Waals surface area contributed by atoms with Gasteiger partial charge in [0.15, 0.2) is 5.43 Å². The van der Waals surface area contributed by atoms with E-state index in [0.717, 1.165) is 11.3 Å². The molecule has 2 heterocycles. The predicted molar refractivity (Wildman–Crippen MR) is 118 cm³/mol. The third-order valence-corrected chi connectivity index (χ3v) is 5.60. The zero-order valence-corrected chi connectivity index (χ0v) is 17.7. The van der Waals surface area contributed by atoms with Gasteiger partial charge in [-0.15, -0.1) is 11.3 Å². The smallest absolute Gasteiger partial charge is 0.353 e. The number of esters is 1. The van der Waals surface area contributed by atoms with Crippen LogP contribution in [0.25, 0.3) is 21.9 Å². The van der Waals surface area contributed by atoms with E-state index in [1.807, 2.05) is 36.6 Å². The van der Waals surface area contributed by atoms with E-state index in [1.165, 1.54) is 11.3 Å². The van der Waals surface area contributed by atoms with Crippen LogP contribution in [0.1, 0.15) is 28.1 Å². The van der Waals surface area contributed by atoms with Crippen molar-refractivity contribution in [2.75, 3.05) is 6.61 Å². The van der Waals surface area contributed by atoms with Crippen molar-refractivity contribution in [3.05, 3.63) is 80.5 Å². The molecule has 5 nitrogen and oxygen atoms in total. The third-order valence-electron chi connectivity index (χ3n) is 4.75. The van der Waals surface area contributed by atoms with Crippen LogP contribution in [-0.2, 0) is 0 Å². The van der Waals surface area contributed by atoms with Crippen molar-refractivity contribution < 1.29 is 18.7 Å². The molecule has 4 aromatic rings. The summed E-state index contributed by atoms with van der Waals surface area (Å²) in [7, 11) is 0. The Hall–Kier alpha value is -3.38. The van der Waals surface area contributed by atoms with Gasteiger partial charge in [0.25, 0.3) is 0 Å². The molecule has 0 bridgehead atoms. The number of carbonyl (C=O) groups excluding carboxylic acids is 1. The van der Waals surface area contributed by atoms with Gasteiger partial charge in [0.1, 0.15) is 27.9 Å². The van der Waals surface area contributed by atoms with Crippen LogP contribution in [0, 0.1) is 13.8 Å². The lowest BCUT2D eigenvalue weighted by atomic mass is 10.1. The number of hydrogen-bond acceptors (Lipinski definition) is 6. The first kappa shape index (κ1) is 19.9. The average molecular weight is 420 g/mol. The Morgan fingerprint density at radius 3 is 2.40 bits per heavy atom. The number of benzene rings is 1. The minimum atomic E-state index is -0.471. The SMILES string of the molecule is CCOc1ccc(-c2cc(OC(=O)c3cccs3)c3c(C)oc(C)c3c(=O)c2)cc1. The van der Waals surface area contributed by atoms with Crippen LogP contribution >= 0.6 is 11.3 Å². The van der Waals surface area contributed by atoms with E-state index >= 15 is 0 Å². The van der Waals surface area contributed by atoms with Crippen molar-refractivity contribution >= 4 is 28.1 Å². The molecule has 30 heavy (non-hydrogen) atoms. The van der Waals surface area contributed by atoms with Crippen LogP contribution in [0.15, 0.2) is 63.1 Å². The lowest BCUT2D eigenvalue weighted by Crippen LogP contribution is -2.06. The number of furan rings is 1. The third kappa shape index (κ3) is 3.74. The minimum Gasteiger partial charge on any atom is -0.494 e. The Balaban J connectivity index is 1.90. The van der Waals surface area contributed by atoms with Gasteiger partial charge in [0.2, 0.25) is 0 Å². The Morgan fingerprint density at radius 2 is 1.73 bits per heavy atom. The van der Waals surface area contributed by atoms with Crippen LogP contribution in [0.2, 0.25) is 0 Å². The molecule has 0 N–H and O–H groups in total. The van der Waals surface area contributed by atoms with Crippen LogP contribution in [-0.4, -0.2) is 12.6 Å². The lowest BCUT2D eigenvalue weighted by molar-refractivity contribution is 0.0742. The van der Waals surface area contributed by atoms with Crippen molar-refractivity contribution in [1.82, 2.24) is 0 Å². The van der Waals surface area contributed by atoms with Crippen molar-refractivity contribution in [2.45, 2.75) is 20.8 Å². The maximum absolute atomic E-state index is 13.0. The normalized spacial score (nSPS) is 10.9. The number of fused-ring (bicyclic) bond motifs is 1. The summed E-state index contributed by atoms with van der Waals surface area (Å²) < 4.78 is 16.9. The Bertz CT molecular complexity index is 1270. The summed E-state index contributed by atoms with van der Waals surface area (Å²) in [6, 6.07) is 14.2. The molecule has 2 aromatic heterocycles. The standard InChI is InChI=1S/C24H20O5S/c1-4-27-18-9-7-16(8-10-18)17-12-19(25)22-14(2)28-15(3)23(22)20(13-17)29-24(26)21-6-5-11-30-21/h5-13H,4H2,1-3H3. The van der Waals surface area contributed by atoms with E-state index in [1.54, 1.807) is 38.1 Å². The van der Waals surface area contributed by atoms with Crippen LogP contribution in [0.3, 0.4) is 0 Å². The summed E-state index contributed by atoms with van der Waals surface area (Å²) in [6.45, 7) is 5.99. The molecule has 0 aliphatic rings. The highest BCUT2D eigenvalue weighted by molar-refractivity contribution is 7.12. The molecule has 0 unspecified atom stereocenters. The summed E-state index contributed by atoms with van der Waals surface area (Å²) in [5.74, 6) is 1.60. The number of thiophene rings is 1. The topological polar surface area (TPSA) is 65.7 Å². The highest BCUT2D eigenvalue weighted by atomic mass is 32.1. The monoisotopic (exact) mass is 420 g/mol. The zero-order valence-electron chi connectivity index (χ0n) is 16.9. The Kier molecular flexibility index (Phi) is 5.42. The van der Waals surface area contributed by atoms with Crippen molar-refractivity contribution in [1.29, 1.82) is 0 Å². The summed E-state index contributed by atoms with van der Waals surface area (Å²) in [5, 5.41) is 2.74. The molecule has 2 aromatic carbocycles. The van der Waals surface area contributed by atoms with E-state index < -0.39 is 5.97 Å². The molecule has 0 aliphatic carbocycles. The van der Waals surface area contributed by atoms with Gasteiger partial charge in [-0.25, -0.2) is 4.79 Å². The second-order valence-electron chi connectivity index (χ2n) is 6.76. The molecule has 6 heteroatoms. The maximum Gasteiger partial charge on any atom is 0.353 e. The van der Waals surface area contributed by atoms with E-state index in [-0.39, 0.29) is 5.43 Å². The van der Waals surface area contributed by atoms with Gasteiger partial charge in [-0.3, -0.25) is 4.79 Å². The fourth-order valence-corrected chi connectivity index (χ4v) is 4.05. The maximum atomic E-state index is 13.0. The van der Waals surface area contributed by atoms with E-state index in [4.69, 9.17) is 13.9 Å². The van der Waals surface area contributed by atoms with Gasteiger partial charge >= 0.3 is 5.97 Å². The summed E-state index contributed by atoms with van der Waals surface area (Å²) in [4.78, 5) is 26.2. The lowest BCUT2D eigenvalue weighted by Gasteiger charge is -2.06. The quantitative estimate of drug-likeness (QED) is 0.384. The Morgan fingerprint density at radius 1 is 1.00 bits per heavy atom. The van der Waals surface area contributed by atoms with Gasteiger partial charge in [-0.1, -0.05) is 18.2 Å². The zero-order chi connectivity index (χ0) is 21.3. The van der Waals surface area contributed by atoms with Gasteiger partial charge in [0, 0.05) is 0 Å². The molecule has 0 spiro atoms. The van der Waals surface area contributed by atoms with E-state index in [9.17, 15) is 9.59 Å². The molecule has 0 fully saturated rings. The van der Waals surface area contributed by atoms with Gasteiger partial charge < -0.3 is 13.9 Å². The van der Waals surface area contributed by atoms with E-state index in [0.29, 0.717) is 45.1 Å². The number of ether oxygens (including phenoxy) is 2. The fourth-order valence-electron chi connectivity index (χ4n) is 3.45.